The molecular formula is C24H28O4. The van der Waals surface area contributed by atoms with Gasteiger partial charge in [-0.1, -0.05) is 51.0 Å². The number of ether oxygens (including phenoxy) is 2. The topological polar surface area (TPSA) is 55.8 Å². The Kier molecular flexibility index (Phi) is 7.52. The lowest BCUT2D eigenvalue weighted by atomic mass is 9.87. The summed E-state index contributed by atoms with van der Waals surface area (Å²) < 4.78 is 11.4. The Morgan fingerprint density at radius 1 is 0.964 bits per heavy atom. The number of hydrogen-bond acceptors (Lipinski definition) is 3. The second kappa shape index (κ2) is 9.85. The van der Waals surface area contributed by atoms with Crippen molar-refractivity contribution >= 4 is 5.97 Å². The van der Waals surface area contributed by atoms with Gasteiger partial charge in [0.1, 0.15) is 24.7 Å². The van der Waals surface area contributed by atoms with Crippen LogP contribution in [0.1, 0.15) is 51.2 Å². The van der Waals surface area contributed by atoms with Gasteiger partial charge in [0.05, 0.1) is 12.3 Å². The zero-order valence-corrected chi connectivity index (χ0v) is 17.0. The molecule has 4 nitrogen and oxygen atoms in total. The fourth-order valence-corrected chi connectivity index (χ4v) is 2.77. The van der Waals surface area contributed by atoms with E-state index in [4.69, 9.17) is 14.6 Å². The summed E-state index contributed by atoms with van der Waals surface area (Å²) in [6, 6.07) is 15.5. The van der Waals surface area contributed by atoms with Crippen LogP contribution in [0.5, 0.6) is 11.5 Å². The molecule has 28 heavy (non-hydrogen) atoms. The van der Waals surface area contributed by atoms with Crippen LogP contribution in [0.15, 0.2) is 48.5 Å². The molecule has 0 aliphatic heterocycles. The van der Waals surface area contributed by atoms with Crippen molar-refractivity contribution in [3.05, 3.63) is 59.7 Å². The largest absolute Gasteiger partial charge is 0.490 e. The predicted octanol–water partition coefficient (Wildman–Crippen LogP) is 5.02. The monoisotopic (exact) mass is 380 g/mol. The van der Waals surface area contributed by atoms with Crippen LogP contribution in [-0.2, 0) is 10.2 Å². The smallest absolute Gasteiger partial charge is 0.304 e. The van der Waals surface area contributed by atoms with Crippen LogP contribution in [0.4, 0.5) is 0 Å². The van der Waals surface area contributed by atoms with Gasteiger partial charge in [0.25, 0.3) is 0 Å². The molecule has 2 aromatic rings. The minimum absolute atomic E-state index is 0.0110. The van der Waals surface area contributed by atoms with E-state index in [1.54, 1.807) is 6.92 Å². The maximum Gasteiger partial charge on any atom is 0.304 e. The first-order valence-corrected chi connectivity index (χ1v) is 9.40. The number of aliphatic carboxylic acids is 1. The molecular weight excluding hydrogens is 352 g/mol. The molecule has 0 radical (unpaired) electrons. The summed E-state index contributed by atoms with van der Waals surface area (Å²) in [5, 5.41) is 9.01. The Hall–Kier alpha value is -2.93. The molecule has 0 fully saturated rings. The summed E-state index contributed by atoms with van der Waals surface area (Å²) in [5.74, 6) is 6.10. The van der Waals surface area contributed by atoms with Gasteiger partial charge in [-0.25, -0.2) is 0 Å². The quantitative estimate of drug-likeness (QED) is 0.516. The minimum Gasteiger partial charge on any atom is -0.490 e. The lowest BCUT2D eigenvalue weighted by Crippen LogP contribution is -2.11. The van der Waals surface area contributed by atoms with Gasteiger partial charge in [-0.2, -0.15) is 0 Å². The number of benzene rings is 2. The van der Waals surface area contributed by atoms with Crippen LogP contribution >= 0.6 is 0 Å². The second-order valence-corrected chi connectivity index (χ2v) is 7.59. The van der Waals surface area contributed by atoms with Gasteiger partial charge in [0.15, 0.2) is 0 Å². The van der Waals surface area contributed by atoms with Crippen molar-refractivity contribution in [3.8, 4) is 23.3 Å². The van der Waals surface area contributed by atoms with Crippen molar-refractivity contribution in [3.63, 3.8) is 0 Å². The maximum absolute atomic E-state index is 11.0. The van der Waals surface area contributed by atoms with Crippen LogP contribution in [0, 0.1) is 11.8 Å². The molecule has 0 aromatic heterocycles. The third-order valence-corrected chi connectivity index (χ3v) is 4.32. The maximum atomic E-state index is 11.0. The second-order valence-electron chi connectivity index (χ2n) is 7.59. The van der Waals surface area contributed by atoms with Crippen molar-refractivity contribution in [2.45, 2.75) is 45.4 Å². The van der Waals surface area contributed by atoms with Crippen molar-refractivity contribution in [2.24, 2.45) is 0 Å². The SMILES string of the molecule is CC#CC(CC(=O)O)c1ccc(OCCOc2ccc(C(C)(C)C)cc2)cc1. The highest BCUT2D eigenvalue weighted by atomic mass is 16.5. The van der Waals surface area contributed by atoms with Crippen molar-refractivity contribution in [2.75, 3.05) is 13.2 Å². The van der Waals surface area contributed by atoms with E-state index in [0.717, 1.165) is 11.3 Å². The summed E-state index contributed by atoms with van der Waals surface area (Å²) >= 11 is 0. The summed E-state index contributed by atoms with van der Waals surface area (Å²) in [7, 11) is 0. The molecule has 0 aliphatic rings. The molecule has 2 rings (SSSR count). The fraction of sp³-hybridized carbons (Fsp3) is 0.375. The molecule has 0 aliphatic carbocycles. The first-order valence-electron chi connectivity index (χ1n) is 9.40. The van der Waals surface area contributed by atoms with Crippen LogP contribution in [0.2, 0.25) is 0 Å². The Bertz CT molecular complexity index is 818. The Morgan fingerprint density at radius 2 is 1.46 bits per heavy atom. The van der Waals surface area contributed by atoms with E-state index in [0.29, 0.717) is 19.0 Å². The standard InChI is InChI=1S/C24H28O4/c1-5-6-19(17-23(25)26)18-7-11-21(12-8-18)27-15-16-28-22-13-9-20(10-14-22)24(2,3)4/h7-14,19H,15-17H2,1-4H3,(H,25,26). The molecule has 4 heteroatoms. The molecule has 0 saturated carbocycles. The molecule has 1 atom stereocenters. The summed E-state index contributed by atoms with van der Waals surface area (Å²) in [6.45, 7) is 9.12. The van der Waals surface area contributed by atoms with Crippen LogP contribution in [0.3, 0.4) is 0 Å². The van der Waals surface area contributed by atoms with Crippen molar-refractivity contribution < 1.29 is 19.4 Å². The van der Waals surface area contributed by atoms with Gasteiger partial charge in [0, 0.05) is 0 Å². The van der Waals surface area contributed by atoms with Crippen molar-refractivity contribution in [1.82, 2.24) is 0 Å². The lowest BCUT2D eigenvalue weighted by molar-refractivity contribution is -0.137. The number of hydrogen-bond donors (Lipinski definition) is 1. The molecule has 1 unspecified atom stereocenters. The molecule has 1 N–H and O–H groups in total. The fourth-order valence-electron chi connectivity index (χ4n) is 2.77. The zero-order valence-electron chi connectivity index (χ0n) is 17.0. The van der Waals surface area contributed by atoms with Gasteiger partial charge >= 0.3 is 5.97 Å². The highest BCUT2D eigenvalue weighted by molar-refractivity contribution is 5.69. The molecule has 148 valence electrons. The molecule has 0 heterocycles. The van der Waals surface area contributed by atoms with Gasteiger partial charge in [-0.15, -0.1) is 5.92 Å². The summed E-state index contributed by atoms with van der Waals surface area (Å²) in [5.41, 5.74) is 2.27. The Labute approximate surface area is 167 Å². The highest BCUT2D eigenvalue weighted by Gasteiger charge is 2.14. The van der Waals surface area contributed by atoms with Gasteiger partial charge in [-0.3, -0.25) is 4.79 Å². The van der Waals surface area contributed by atoms with E-state index in [2.05, 4.69) is 44.7 Å². The van der Waals surface area contributed by atoms with E-state index in [1.165, 1.54) is 5.56 Å². The Morgan fingerprint density at radius 3 is 1.89 bits per heavy atom. The number of carbonyl (C=O) groups is 1. The number of carboxylic acids is 1. The Balaban J connectivity index is 1.83. The average Bonchev–Trinajstić information content (AvgIpc) is 2.65. The van der Waals surface area contributed by atoms with Crippen LogP contribution < -0.4 is 9.47 Å². The zero-order chi connectivity index (χ0) is 20.6. The molecule has 0 bridgehead atoms. The molecule has 2 aromatic carbocycles. The van der Waals surface area contributed by atoms with Crippen molar-refractivity contribution in [1.29, 1.82) is 0 Å². The van der Waals surface area contributed by atoms with Gasteiger partial charge < -0.3 is 14.6 Å². The first-order chi connectivity index (χ1) is 13.3. The average molecular weight is 380 g/mol. The van der Waals surface area contributed by atoms with Crippen LogP contribution in [0.25, 0.3) is 0 Å². The normalized spacial score (nSPS) is 11.9. The number of carboxylic acid groups (broad SMARTS) is 1. The van der Waals surface area contributed by atoms with E-state index in [1.807, 2.05) is 36.4 Å². The lowest BCUT2D eigenvalue weighted by Gasteiger charge is -2.19. The predicted molar refractivity (Wildman–Crippen MR) is 111 cm³/mol. The van der Waals surface area contributed by atoms with E-state index >= 15 is 0 Å². The van der Waals surface area contributed by atoms with E-state index < -0.39 is 5.97 Å². The third kappa shape index (κ3) is 6.66. The van der Waals surface area contributed by atoms with E-state index in [9.17, 15) is 4.79 Å². The van der Waals surface area contributed by atoms with E-state index in [-0.39, 0.29) is 17.8 Å². The summed E-state index contributed by atoms with van der Waals surface area (Å²) in [4.78, 5) is 11.0. The number of rotatable bonds is 8. The van der Waals surface area contributed by atoms with Gasteiger partial charge in [0.2, 0.25) is 0 Å². The minimum atomic E-state index is -0.860. The molecule has 0 amide bonds. The first kappa shape index (κ1) is 21.4. The third-order valence-electron chi connectivity index (χ3n) is 4.32. The molecule has 0 spiro atoms. The highest BCUT2D eigenvalue weighted by Crippen LogP contribution is 2.24. The molecule has 0 saturated heterocycles. The summed E-state index contributed by atoms with van der Waals surface area (Å²) in [6.07, 6.45) is -0.0110. The van der Waals surface area contributed by atoms with Gasteiger partial charge in [-0.05, 0) is 47.7 Å². The van der Waals surface area contributed by atoms with Crippen LogP contribution in [-0.4, -0.2) is 24.3 Å².